The van der Waals surface area contributed by atoms with Gasteiger partial charge in [0.25, 0.3) is 0 Å². The number of alkyl halides is 3. The van der Waals surface area contributed by atoms with Crippen molar-refractivity contribution >= 4 is 23.6 Å². The lowest BCUT2D eigenvalue weighted by atomic mass is 10.1. The summed E-state index contributed by atoms with van der Waals surface area (Å²) in [4.78, 5) is 21.1. The summed E-state index contributed by atoms with van der Waals surface area (Å²) in [5, 5.41) is 5.77. The highest BCUT2D eigenvalue weighted by Gasteiger charge is 2.30. The predicted molar refractivity (Wildman–Crippen MR) is 120 cm³/mol. The summed E-state index contributed by atoms with van der Waals surface area (Å²) in [6, 6.07) is 13.2. The fourth-order valence-electron chi connectivity index (χ4n) is 3.35. The van der Waals surface area contributed by atoms with E-state index in [0.717, 1.165) is 29.9 Å². The van der Waals surface area contributed by atoms with Crippen molar-refractivity contribution in [3.63, 3.8) is 0 Å². The maximum absolute atomic E-state index is 12.9. The highest BCUT2D eigenvalue weighted by atomic mass is 32.2. The Balaban J connectivity index is 1.39. The maximum atomic E-state index is 12.9. The number of thioether (sulfide) groups is 1. The molecule has 2 aromatic carbocycles. The average molecular weight is 475 g/mol. The largest absolute Gasteiger partial charge is 0.457 e. The molecule has 33 heavy (non-hydrogen) atoms. The molecule has 0 saturated carbocycles. The molecule has 1 aliphatic heterocycles. The van der Waals surface area contributed by atoms with E-state index < -0.39 is 17.0 Å². The first-order valence-corrected chi connectivity index (χ1v) is 11.3. The Labute approximate surface area is 193 Å². The summed E-state index contributed by atoms with van der Waals surface area (Å²) in [6.45, 7) is 0.514. The van der Waals surface area contributed by atoms with Gasteiger partial charge >= 0.3 is 6.18 Å². The first kappa shape index (κ1) is 22.9. The molecule has 0 spiro atoms. The summed E-state index contributed by atoms with van der Waals surface area (Å²) in [6.07, 6.45) is -0.322. The van der Waals surface area contributed by atoms with E-state index in [1.165, 1.54) is 23.9 Å². The van der Waals surface area contributed by atoms with Gasteiger partial charge in [0.2, 0.25) is 11.9 Å². The molecule has 0 unspecified atom stereocenters. The minimum Gasteiger partial charge on any atom is -0.457 e. The van der Waals surface area contributed by atoms with E-state index in [2.05, 4.69) is 20.6 Å². The van der Waals surface area contributed by atoms with Crippen LogP contribution in [0.2, 0.25) is 0 Å². The SMILES string of the molecule is O=C1N[C@H](CNc2ncccn2)CCS[C@@H]1c1cccc(Oc2ccc(C(F)(F)F)cc2)c1. The number of nitrogens with zero attached hydrogens (tertiary/aromatic N) is 2. The lowest BCUT2D eigenvalue weighted by molar-refractivity contribution is -0.137. The van der Waals surface area contributed by atoms with Crippen LogP contribution in [0.1, 0.15) is 22.8 Å². The molecule has 6 nitrogen and oxygen atoms in total. The second kappa shape index (κ2) is 10.1. The van der Waals surface area contributed by atoms with Gasteiger partial charge in [-0.15, -0.1) is 11.8 Å². The van der Waals surface area contributed by atoms with Gasteiger partial charge in [0.1, 0.15) is 16.7 Å². The first-order chi connectivity index (χ1) is 15.9. The van der Waals surface area contributed by atoms with Crippen LogP contribution in [0, 0.1) is 0 Å². The molecule has 1 amide bonds. The minimum absolute atomic E-state index is 0.0645. The monoisotopic (exact) mass is 474 g/mol. The number of halogens is 3. The van der Waals surface area contributed by atoms with Crippen LogP contribution in [-0.4, -0.2) is 34.2 Å². The minimum atomic E-state index is -4.40. The molecule has 1 saturated heterocycles. The molecular formula is C23H21F3N4O2S. The van der Waals surface area contributed by atoms with Gasteiger partial charge in [-0.05, 0) is 60.2 Å². The van der Waals surface area contributed by atoms with E-state index in [1.807, 2.05) is 6.07 Å². The molecular weight excluding hydrogens is 453 g/mol. The number of ether oxygens (including phenoxy) is 1. The molecule has 0 bridgehead atoms. The van der Waals surface area contributed by atoms with Crippen LogP contribution >= 0.6 is 11.8 Å². The van der Waals surface area contributed by atoms with Gasteiger partial charge < -0.3 is 15.4 Å². The Morgan fingerprint density at radius 2 is 1.82 bits per heavy atom. The highest BCUT2D eigenvalue weighted by Crippen LogP contribution is 2.35. The predicted octanol–water partition coefficient (Wildman–Crippen LogP) is 5.06. The molecule has 0 aliphatic carbocycles. The number of amides is 1. The molecule has 0 radical (unpaired) electrons. The lowest BCUT2D eigenvalue weighted by Gasteiger charge is -2.18. The second-order valence-corrected chi connectivity index (χ2v) is 8.61. The summed E-state index contributed by atoms with van der Waals surface area (Å²) in [5.41, 5.74) is 0.0277. The third-order valence-corrected chi connectivity index (χ3v) is 6.28. The third kappa shape index (κ3) is 6.16. The van der Waals surface area contributed by atoms with Crippen molar-refractivity contribution in [2.45, 2.75) is 23.9 Å². The first-order valence-electron chi connectivity index (χ1n) is 10.3. The van der Waals surface area contributed by atoms with Gasteiger partial charge in [0, 0.05) is 25.0 Å². The number of hydrogen-bond acceptors (Lipinski definition) is 6. The number of rotatable bonds is 6. The van der Waals surface area contributed by atoms with E-state index >= 15 is 0 Å². The van der Waals surface area contributed by atoms with E-state index in [1.54, 1.807) is 36.7 Å². The molecule has 1 aromatic heterocycles. The van der Waals surface area contributed by atoms with Crippen molar-refractivity contribution in [1.29, 1.82) is 0 Å². The summed E-state index contributed by atoms with van der Waals surface area (Å²) < 4.78 is 44.0. The van der Waals surface area contributed by atoms with E-state index in [9.17, 15) is 18.0 Å². The number of hydrogen-bond donors (Lipinski definition) is 2. The zero-order valence-electron chi connectivity index (χ0n) is 17.4. The molecule has 4 rings (SSSR count). The zero-order chi connectivity index (χ0) is 23.3. The third-order valence-electron chi connectivity index (χ3n) is 4.99. The average Bonchev–Trinajstić information content (AvgIpc) is 2.99. The van der Waals surface area contributed by atoms with Crippen molar-refractivity contribution in [2.75, 3.05) is 17.6 Å². The second-order valence-electron chi connectivity index (χ2n) is 7.40. The molecule has 172 valence electrons. The van der Waals surface area contributed by atoms with Crippen molar-refractivity contribution in [3.05, 3.63) is 78.1 Å². The Hall–Kier alpha value is -3.27. The van der Waals surface area contributed by atoms with E-state index in [0.29, 0.717) is 18.2 Å². The van der Waals surface area contributed by atoms with Crippen molar-refractivity contribution in [3.8, 4) is 11.5 Å². The standard InChI is InChI=1S/C23H21F3N4O2S/c24-23(25,26)16-5-7-18(8-6-16)32-19-4-1-3-15(13-19)20-21(31)30-17(9-12-33-20)14-29-22-27-10-2-11-28-22/h1-8,10-11,13,17,20H,9,12,14H2,(H,30,31)(H,27,28,29)/t17-,20+/m0/s1. The summed E-state index contributed by atoms with van der Waals surface area (Å²) in [7, 11) is 0. The van der Waals surface area contributed by atoms with Gasteiger partial charge in [0.05, 0.1) is 5.56 Å². The zero-order valence-corrected chi connectivity index (χ0v) is 18.2. The lowest BCUT2D eigenvalue weighted by Crippen LogP contribution is -2.40. The molecule has 1 aliphatic rings. The van der Waals surface area contributed by atoms with Crippen LogP contribution in [0.25, 0.3) is 0 Å². The topological polar surface area (TPSA) is 76.1 Å². The molecule has 2 N–H and O–H groups in total. The molecule has 2 heterocycles. The smallest absolute Gasteiger partial charge is 0.416 e. The summed E-state index contributed by atoms with van der Waals surface area (Å²) in [5.74, 6) is 1.91. The number of aromatic nitrogens is 2. The van der Waals surface area contributed by atoms with Crippen LogP contribution in [-0.2, 0) is 11.0 Å². The van der Waals surface area contributed by atoms with Gasteiger partial charge in [0.15, 0.2) is 0 Å². The van der Waals surface area contributed by atoms with E-state index in [4.69, 9.17) is 4.74 Å². The Morgan fingerprint density at radius 1 is 1.06 bits per heavy atom. The number of carbonyl (C=O) groups is 1. The van der Waals surface area contributed by atoms with Gasteiger partial charge in [-0.25, -0.2) is 9.97 Å². The Morgan fingerprint density at radius 3 is 2.55 bits per heavy atom. The van der Waals surface area contributed by atoms with Crippen molar-refractivity contribution in [1.82, 2.24) is 15.3 Å². The molecule has 1 fully saturated rings. The highest BCUT2D eigenvalue weighted by molar-refractivity contribution is 8.00. The molecule has 2 atom stereocenters. The fraction of sp³-hybridized carbons (Fsp3) is 0.261. The van der Waals surface area contributed by atoms with Crippen molar-refractivity contribution < 1.29 is 22.7 Å². The fourth-order valence-corrected chi connectivity index (χ4v) is 4.56. The van der Waals surface area contributed by atoms with Crippen LogP contribution in [0.5, 0.6) is 11.5 Å². The van der Waals surface area contributed by atoms with Gasteiger partial charge in [-0.2, -0.15) is 13.2 Å². The Bertz CT molecular complexity index is 1080. The van der Waals surface area contributed by atoms with Gasteiger partial charge in [-0.1, -0.05) is 12.1 Å². The van der Waals surface area contributed by atoms with Crippen LogP contribution in [0.4, 0.5) is 19.1 Å². The van der Waals surface area contributed by atoms with E-state index in [-0.39, 0.29) is 17.7 Å². The molecule has 10 heteroatoms. The maximum Gasteiger partial charge on any atom is 0.416 e. The number of carbonyl (C=O) groups excluding carboxylic acids is 1. The number of nitrogens with one attached hydrogen (secondary N) is 2. The number of anilines is 1. The van der Waals surface area contributed by atoms with Crippen LogP contribution in [0.15, 0.2) is 67.0 Å². The number of benzene rings is 2. The van der Waals surface area contributed by atoms with Crippen molar-refractivity contribution in [2.24, 2.45) is 0 Å². The molecule has 3 aromatic rings. The van der Waals surface area contributed by atoms with Crippen LogP contribution < -0.4 is 15.4 Å². The van der Waals surface area contributed by atoms with Gasteiger partial charge in [-0.3, -0.25) is 4.79 Å². The Kier molecular flexibility index (Phi) is 7.02. The van der Waals surface area contributed by atoms with Crippen LogP contribution in [0.3, 0.4) is 0 Å². The normalized spacial score (nSPS) is 18.8. The summed E-state index contributed by atoms with van der Waals surface area (Å²) >= 11 is 1.54. The quantitative estimate of drug-likeness (QED) is 0.520.